The van der Waals surface area contributed by atoms with Gasteiger partial charge in [-0.05, 0) is 53.9 Å². The molecule has 3 heterocycles. The Balaban J connectivity index is 1.47. The van der Waals surface area contributed by atoms with Gasteiger partial charge in [0.05, 0.1) is 18.8 Å². The van der Waals surface area contributed by atoms with Crippen molar-refractivity contribution in [1.29, 1.82) is 0 Å². The van der Waals surface area contributed by atoms with Crippen LogP contribution in [0.3, 0.4) is 0 Å². The van der Waals surface area contributed by atoms with E-state index < -0.39 is 11.6 Å². The predicted molar refractivity (Wildman–Crippen MR) is 120 cm³/mol. The number of benzene rings is 2. The van der Waals surface area contributed by atoms with Crippen LogP contribution in [0.1, 0.15) is 27.9 Å². The molecule has 6 heteroatoms. The van der Waals surface area contributed by atoms with E-state index in [0.717, 1.165) is 45.3 Å². The van der Waals surface area contributed by atoms with Crippen molar-refractivity contribution in [3.8, 4) is 11.1 Å². The van der Waals surface area contributed by atoms with Gasteiger partial charge in [0.1, 0.15) is 0 Å². The van der Waals surface area contributed by atoms with Crippen molar-refractivity contribution in [1.82, 2.24) is 9.55 Å². The van der Waals surface area contributed by atoms with Gasteiger partial charge in [0, 0.05) is 40.8 Å². The lowest BCUT2D eigenvalue weighted by Gasteiger charge is -2.10. The molecule has 32 heavy (non-hydrogen) atoms. The number of aryl methyl sites for hydroxylation is 1. The summed E-state index contributed by atoms with van der Waals surface area (Å²) < 4.78 is 28.8. The first-order valence-corrected chi connectivity index (χ1v) is 10.2. The maximum atomic E-state index is 14.0. The van der Waals surface area contributed by atoms with Crippen molar-refractivity contribution < 1.29 is 8.78 Å². The number of pyridine rings is 2. The van der Waals surface area contributed by atoms with Gasteiger partial charge in [0.25, 0.3) is 5.56 Å². The third-order valence-electron chi connectivity index (χ3n) is 5.64. The lowest BCUT2D eigenvalue weighted by Crippen LogP contribution is -2.20. The van der Waals surface area contributed by atoms with Gasteiger partial charge >= 0.3 is 0 Å². The molecule has 4 aromatic rings. The summed E-state index contributed by atoms with van der Waals surface area (Å²) in [6.07, 6.45) is 3.38. The van der Waals surface area contributed by atoms with E-state index in [1.807, 2.05) is 43.3 Å². The summed E-state index contributed by atoms with van der Waals surface area (Å²) in [6, 6.07) is 17.3. The smallest absolute Gasteiger partial charge is 0.251 e. The Hall–Kier alpha value is -3.93. The van der Waals surface area contributed by atoms with Crippen LogP contribution in [0.15, 0.2) is 82.8 Å². The predicted octanol–water partition coefficient (Wildman–Crippen LogP) is 4.90. The van der Waals surface area contributed by atoms with Crippen molar-refractivity contribution in [3.63, 3.8) is 0 Å². The van der Waals surface area contributed by atoms with Gasteiger partial charge in [0.2, 0.25) is 0 Å². The molecule has 0 spiro atoms. The maximum Gasteiger partial charge on any atom is 0.251 e. The molecule has 0 radical (unpaired) electrons. The zero-order valence-corrected chi connectivity index (χ0v) is 17.3. The maximum absolute atomic E-state index is 14.0. The number of hydrogen-bond donors (Lipinski definition) is 0. The van der Waals surface area contributed by atoms with Crippen LogP contribution in [0.2, 0.25) is 0 Å². The van der Waals surface area contributed by atoms with Crippen LogP contribution in [0.4, 0.5) is 8.78 Å². The zero-order valence-electron chi connectivity index (χ0n) is 17.3. The van der Waals surface area contributed by atoms with Crippen LogP contribution >= 0.6 is 0 Å². The SMILES string of the molecule is Cc1cc(C2=NCc3ccc(-c4ccn(Cc5cccc(F)c5F)c(=O)c4)cc32)ccn1. The molecule has 0 saturated heterocycles. The number of rotatable bonds is 4. The summed E-state index contributed by atoms with van der Waals surface area (Å²) in [6.45, 7) is 2.53. The number of hydrogen-bond acceptors (Lipinski definition) is 3. The molecular formula is C26H19F2N3O. The highest BCUT2D eigenvalue weighted by molar-refractivity contribution is 6.15. The van der Waals surface area contributed by atoms with Gasteiger partial charge in [-0.25, -0.2) is 8.78 Å². The van der Waals surface area contributed by atoms with Crippen molar-refractivity contribution >= 4 is 5.71 Å². The second-order valence-corrected chi connectivity index (χ2v) is 7.82. The van der Waals surface area contributed by atoms with E-state index in [9.17, 15) is 13.6 Å². The zero-order chi connectivity index (χ0) is 22.2. The van der Waals surface area contributed by atoms with E-state index in [0.29, 0.717) is 6.54 Å². The fraction of sp³-hybridized carbons (Fsp3) is 0.115. The van der Waals surface area contributed by atoms with Gasteiger partial charge in [-0.1, -0.05) is 24.3 Å². The molecular weight excluding hydrogens is 408 g/mol. The third kappa shape index (κ3) is 3.64. The Morgan fingerprint density at radius 1 is 0.969 bits per heavy atom. The minimum atomic E-state index is -0.930. The fourth-order valence-corrected chi connectivity index (χ4v) is 3.98. The van der Waals surface area contributed by atoms with Gasteiger partial charge in [-0.2, -0.15) is 0 Å². The van der Waals surface area contributed by atoms with Crippen molar-refractivity contribution in [3.05, 3.63) is 123 Å². The van der Waals surface area contributed by atoms with Crippen molar-refractivity contribution in [2.24, 2.45) is 4.99 Å². The summed E-state index contributed by atoms with van der Waals surface area (Å²) in [5, 5.41) is 0. The highest BCUT2D eigenvalue weighted by Crippen LogP contribution is 2.28. The molecule has 0 unspecified atom stereocenters. The average molecular weight is 427 g/mol. The number of fused-ring (bicyclic) bond motifs is 1. The summed E-state index contributed by atoms with van der Waals surface area (Å²) in [5.41, 5.74) is 6.52. The number of halogens is 2. The van der Waals surface area contributed by atoms with Crippen LogP contribution in [-0.4, -0.2) is 15.3 Å². The van der Waals surface area contributed by atoms with Crippen LogP contribution in [-0.2, 0) is 13.1 Å². The van der Waals surface area contributed by atoms with Crippen LogP contribution in [0.25, 0.3) is 11.1 Å². The van der Waals surface area contributed by atoms with Crippen LogP contribution in [0.5, 0.6) is 0 Å². The first-order chi connectivity index (χ1) is 15.5. The van der Waals surface area contributed by atoms with Gasteiger partial charge < -0.3 is 4.57 Å². The molecule has 0 N–H and O–H groups in total. The average Bonchev–Trinajstić information content (AvgIpc) is 3.21. The lowest BCUT2D eigenvalue weighted by molar-refractivity contribution is 0.494. The van der Waals surface area contributed by atoms with Gasteiger partial charge in [-0.15, -0.1) is 0 Å². The quantitative estimate of drug-likeness (QED) is 0.465. The number of aliphatic imine (C=N–C) groups is 1. The van der Waals surface area contributed by atoms with Crippen LogP contribution in [0, 0.1) is 18.6 Å². The third-order valence-corrected chi connectivity index (χ3v) is 5.64. The normalized spacial score (nSPS) is 12.5. The molecule has 4 nitrogen and oxygen atoms in total. The molecule has 1 aliphatic rings. The van der Waals surface area contributed by atoms with E-state index >= 15 is 0 Å². The monoisotopic (exact) mass is 427 g/mol. The second-order valence-electron chi connectivity index (χ2n) is 7.82. The molecule has 0 amide bonds. The molecule has 0 aliphatic carbocycles. The molecule has 0 atom stereocenters. The second kappa shape index (κ2) is 7.96. The van der Waals surface area contributed by atoms with Crippen molar-refractivity contribution in [2.45, 2.75) is 20.0 Å². The Morgan fingerprint density at radius 2 is 1.81 bits per heavy atom. The molecule has 0 fully saturated rings. The molecule has 0 saturated carbocycles. The first kappa shape index (κ1) is 20.0. The summed E-state index contributed by atoms with van der Waals surface area (Å²) >= 11 is 0. The van der Waals surface area contributed by atoms with E-state index in [1.54, 1.807) is 12.4 Å². The van der Waals surface area contributed by atoms with E-state index in [2.05, 4.69) is 4.98 Å². The van der Waals surface area contributed by atoms with E-state index in [1.165, 1.54) is 22.8 Å². The highest BCUT2D eigenvalue weighted by Gasteiger charge is 2.19. The van der Waals surface area contributed by atoms with Crippen LogP contribution < -0.4 is 5.56 Å². The summed E-state index contributed by atoms with van der Waals surface area (Å²) in [7, 11) is 0. The molecule has 0 bridgehead atoms. The number of aromatic nitrogens is 2. The Labute approximate surface area is 183 Å². The summed E-state index contributed by atoms with van der Waals surface area (Å²) in [5.74, 6) is -1.85. The molecule has 158 valence electrons. The minimum absolute atomic E-state index is 0.0366. The largest absolute Gasteiger partial charge is 0.311 e. The highest BCUT2D eigenvalue weighted by atomic mass is 19.2. The fourth-order valence-electron chi connectivity index (χ4n) is 3.98. The summed E-state index contributed by atoms with van der Waals surface area (Å²) in [4.78, 5) is 21.6. The minimum Gasteiger partial charge on any atom is -0.311 e. The first-order valence-electron chi connectivity index (χ1n) is 10.2. The Bertz CT molecular complexity index is 1440. The van der Waals surface area contributed by atoms with E-state index in [4.69, 9.17) is 4.99 Å². The standard InChI is InChI=1S/C26H19F2N3O/c1-16-11-19(7-9-29-16)26-22-12-17(5-6-20(22)14-30-26)18-8-10-31(24(32)13-18)15-21-3-2-4-23(27)25(21)28/h2-13H,14-15H2,1H3. The lowest BCUT2D eigenvalue weighted by atomic mass is 9.96. The van der Waals surface area contributed by atoms with E-state index in [-0.39, 0.29) is 17.7 Å². The Kier molecular flexibility index (Phi) is 4.98. The Morgan fingerprint density at radius 3 is 2.62 bits per heavy atom. The molecule has 5 rings (SSSR count). The molecule has 1 aliphatic heterocycles. The van der Waals surface area contributed by atoms with Crippen molar-refractivity contribution in [2.75, 3.05) is 0 Å². The van der Waals surface area contributed by atoms with Gasteiger partial charge in [-0.3, -0.25) is 14.8 Å². The molecule has 2 aromatic carbocycles. The molecule has 2 aromatic heterocycles. The van der Waals surface area contributed by atoms with Gasteiger partial charge in [0.15, 0.2) is 11.6 Å². The topological polar surface area (TPSA) is 47.2 Å². The number of nitrogens with zero attached hydrogens (tertiary/aromatic N) is 3.